The van der Waals surface area contributed by atoms with Crippen LogP contribution in [0.2, 0.25) is 0 Å². The predicted molar refractivity (Wildman–Crippen MR) is 181 cm³/mol. The molecular formula is C32H38N10O3S. The van der Waals surface area contributed by atoms with E-state index in [9.17, 15) is 8.42 Å². The highest BCUT2D eigenvalue weighted by atomic mass is 32.2. The van der Waals surface area contributed by atoms with Gasteiger partial charge in [-0.1, -0.05) is 18.2 Å². The van der Waals surface area contributed by atoms with Gasteiger partial charge in [0.1, 0.15) is 17.2 Å². The number of H-pyrrole nitrogens is 1. The number of nitrogens with zero attached hydrogens (tertiary/aromatic N) is 7. The van der Waals surface area contributed by atoms with E-state index in [1.807, 2.05) is 53.3 Å². The quantitative estimate of drug-likeness (QED) is 0.206. The molecule has 2 aliphatic heterocycles. The Labute approximate surface area is 268 Å². The Morgan fingerprint density at radius 1 is 0.957 bits per heavy atom. The van der Waals surface area contributed by atoms with Gasteiger partial charge in [-0.3, -0.25) is 13.9 Å². The largest absolute Gasteiger partial charge is 0.495 e. The third-order valence-corrected chi connectivity index (χ3v) is 9.84. The van der Waals surface area contributed by atoms with Gasteiger partial charge in [-0.2, -0.15) is 15.1 Å². The molecule has 1 saturated heterocycles. The Morgan fingerprint density at radius 3 is 2.61 bits per heavy atom. The molecule has 14 heteroatoms. The van der Waals surface area contributed by atoms with Crippen LogP contribution >= 0.6 is 0 Å². The summed E-state index contributed by atoms with van der Waals surface area (Å²) in [6.45, 7) is 6.61. The number of hydrogen-bond acceptors (Lipinski definition) is 10. The van der Waals surface area contributed by atoms with Gasteiger partial charge < -0.3 is 25.3 Å². The van der Waals surface area contributed by atoms with Gasteiger partial charge in [0, 0.05) is 57.2 Å². The van der Waals surface area contributed by atoms with E-state index in [0.717, 1.165) is 61.3 Å². The number of aromatic nitrogens is 5. The molecule has 3 aromatic heterocycles. The normalized spacial score (nSPS) is 15.8. The van der Waals surface area contributed by atoms with Crippen molar-refractivity contribution in [2.75, 3.05) is 74.6 Å². The van der Waals surface area contributed by atoms with Crippen LogP contribution in [0.25, 0.3) is 22.2 Å². The number of aromatic amines is 1. The Bertz CT molecular complexity index is 1980. The molecule has 7 rings (SSSR count). The lowest BCUT2D eigenvalue weighted by molar-refractivity contribution is 0.149. The van der Waals surface area contributed by atoms with Crippen LogP contribution in [0.15, 0.2) is 61.1 Å². The lowest BCUT2D eigenvalue weighted by atomic mass is 10.1. The van der Waals surface area contributed by atoms with E-state index in [-0.39, 0.29) is 0 Å². The summed E-state index contributed by atoms with van der Waals surface area (Å²) < 4.78 is 34.3. The zero-order valence-corrected chi connectivity index (χ0v) is 27.0. The van der Waals surface area contributed by atoms with Gasteiger partial charge in [-0.15, -0.1) is 0 Å². The molecule has 5 heterocycles. The number of hydrogen-bond donors (Lipinski definition) is 3. The number of anilines is 5. The molecular weight excluding hydrogens is 604 g/mol. The van der Waals surface area contributed by atoms with Gasteiger partial charge in [0.15, 0.2) is 0 Å². The average molecular weight is 643 g/mol. The molecule has 5 aromatic rings. The molecule has 0 atom stereocenters. The summed E-state index contributed by atoms with van der Waals surface area (Å²) in [5.41, 5.74) is 5.63. The van der Waals surface area contributed by atoms with Crippen LogP contribution in [-0.4, -0.2) is 103 Å². The zero-order chi connectivity index (χ0) is 31.8. The lowest BCUT2D eigenvalue weighted by Gasteiger charge is -2.32. The molecule has 0 amide bonds. The van der Waals surface area contributed by atoms with Crippen molar-refractivity contribution in [1.82, 2.24) is 34.5 Å². The lowest BCUT2D eigenvalue weighted by Crippen LogP contribution is -2.45. The number of sulfonamides is 1. The Balaban J connectivity index is 1.11. The van der Waals surface area contributed by atoms with E-state index < -0.39 is 10.0 Å². The summed E-state index contributed by atoms with van der Waals surface area (Å²) in [5, 5.41) is 12.1. The Kier molecular flexibility index (Phi) is 8.01. The maximum Gasteiger partial charge on any atom is 0.232 e. The Hall–Kier alpha value is -4.66. The van der Waals surface area contributed by atoms with Crippen molar-refractivity contribution in [3.05, 3.63) is 66.6 Å². The second kappa shape index (κ2) is 12.3. The second-order valence-corrected chi connectivity index (χ2v) is 13.7. The Morgan fingerprint density at radius 2 is 1.80 bits per heavy atom. The molecule has 0 saturated carbocycles. The maximum atomic E-state index is 12.5. The highest BCUT2D eigenvalue weighted by molar-refractivity contribution is 7.92. The van der Waals surface area contributed by atoms with Gasteiger partial charge >= 0.3 is 0 Å². The smallest absolute Gasteiger partial charge is 0.232 e. The first-order valence-corrected chi connectivity index (χ1v) is 17.2. The number of ether oxygens (including phenoxy) is 1. The standard InChI is InChI=1S/C32H38N10O3S/c1-39-13-15-40(16-14-39)17-18-41-21-24(20-34-41)23-7-8-26(28(19-23)45-2)36-32-37-30-25(9-11-33-30)31(38-32)35-27-6-4-5-22-10-12-42(29(22)27)46(3,43)44/h4-9,11,19-21H,10,12-18H2,1-3H3,(H3,33,35,36,37,38). The highest BCUT2D eigenvalue weighted by Gasteiger charge is 2.29. The van der Waals surface area contributed by atoms with Crippen LogP contribution in [0.5, 0.6) is 5.75 Å². The van der Waals surface area contributed by atoms with Crippen molar-refractivity contribution in [3.8, 4) is 16.9 Å². The summed E-state index contributed by atoms with van der Waals surface area (Å²) in [5.74, 6) is 1.53. The van der Waals surface area contributed by atoms with Gasteiger partial charge in [0.2, 0.25) is 16.0 Å². The van der Waals surface area contributed by atoms with Crippen molar-refractivity contribution in [2.45, 2.75) is 13.0 Å². The molecule has 3 N–H and O–H groups in total. The van der Waals surface area contributed by atoms with Crippen molar-refractivity contribution in [2.24, 2.45) is 0 Å². The molecule has 0 radical (unpaired) electrons. The number of benzene rings is 2. The van der Waals surface area contributed by atoms with Crippen molar-refractivity contribution in [3.63, 3.8) is 0 Å². The average Bonchev–Trinajstić information content (AvgIpc) is 3.81. The number of para-hydroxylation sites is 1. The number of methoxy groups -OCH3 is 1. The molecule has 46 heavy (non-hydrogen) atoms. The first-order valence-electron chi connectivity index (χ1n) is 15.4. The number of rotatable bonds is 10. The summed E-state index contributed by atoms with van der Waals surface area (Å²) in [6.07, 6.45) is 7.64. The molecule has 0 unspecified atom stereocenters. The van der Waals surface area contributed by atoms with Crippen LogP contribution in [0.3, 0.4) is 0 Å². The van der Waals surface area contributed by atoms with Gasteiger partial charge in [-0.25, -0.2) is 8.42 Å². The minimum Gasteiger partial charge on any atom is -0.495 e. The third-order valence-electron chi connectivity index (χ3n) is 8.68. The molecule has 0 aliphatic carbocycles. The topological polar surface area (TPSA) is 137 Å². The molecule has 13 nitrogen and oxygen atoms in total. The molecule has 2 aromatic carbocycles. The van der Waals surface area contributed by atoms with Crippen LogP contribution < -0.4 is 19.7 Å². The monoisotopic (exact) mass is 642 g/mol. The number of nitrogens with one attached hydrogen (secondary N) is 3. The van der Waals surface area contributed by atoms with E-state index in [1.54, 1.807) is 13.3 Å². The van der Waals surface area contributed by atoms with Gasteiger partial charge in [0.05, 0.1) is 48.6 Å². The van der Waals surface area contributed by atoms with Gasteiger partial charge in [0.25, 0.3) is 0 Å². The van der Waals surface area contributed by atoms with E-state index in [2.05, 4.69) is 48.7 Å². The minimum atomic E-state index is -3.43. The SMILES string of the molecule is COc1cc(-c2cnn(CCN3CCN(C)CC3)c2)ccc1Nc1nc(Nc2cccc3c2N(S(C)(=O)=O)CC3)c2cc[nH]c2n1. The number of piperazine rings is 1. The fourth-order valence-corrected chi connectivity index (χ4v) is 7.09. The fourth-order valence-electron chi connectivity index (χ4n) is 6.12. The first-order chi connectivity index (χ1) is 22.2. The second-order valence-electron chi connectivity index (χ2n) is 11.8. The van der Waals surface area contributed by atoms with Crippen LogP contribution in [0.1, 0.15) is 5.56 Å². The summed E-state index contributed by atoms with van der Waals surface area (Å²) in [4.78, 5) is 17.5. The number of fused-ring (bicyclic) bond motifs is 2. The van der Waals surface area contributed by atoms with Gasteiger partial charge in [-0.05, 0) is 48.9 Å². The fraction of sp³-hybridized carbons (Fsp3) is 0.344. The van der Waals surface area contributed by atoms with Crippen LogP contribution in [0, 0.1) is 0 Å². The minimum absolute atomic E-state index is 0.354. The van der Waals surface area contributed by atoms with Crippen LogP contribution in [-0.2, 0) is 23.0 Å². The van der Waals surface area contributed by atoms with E-state index in [0.29, 0.717) is 53.2 Å². The summed E-state index contributed by atoms with van der Waals surface area (Å²) in [6, 6.07) is 13.6. The summed E-state index contributed by atoms with van der Waals surface area (Å²) >= 11 is 0. The first kappa shape index (κ1) is 30.0. The zero-order valence-electron chi connectivity index (χ0n) is 26.2. The number of likely N-dealkylation sites (N-methyl/N-ethyl adjacent to an activating group) is 1. The van der Waals surface area contributed by atoms with Crippen LogP contribution in [0.4, 0.5) is 28.8 Å². The van der Waals surface area contributed by atoms with Crippen molar-refractivity contribution < 1.29 is 13.2 Å². The molecule has 240 valence electrons. The molecule has 2 aliphatic rings. The maximum absolute atomic E-state index is 12.5. The molecule has 0 spiro atoms. The summed E-state index contributed by atoms with van der Waals surface area (Å²) in [7, 11) is 0.372. The van der Waals surface area contributed by atoms with E-state index in [4.69, 9.17) is 9.72 Å². The third kappa shape index (κ3) is 6.10. The van der Waals surface area contributed by atoms with E-state index >= 15 is 0 Å². The van der Waals surface area contributed by atoms with E-state index in [1.165, 1.54) is 10.6 Å². The molecule has 0 bridgehead atoms. The van der Waals surface area contributed by atoms with Crippen molar-refractivity contribution >= 4 is 49.9 Å². The molecule has 1 fully saturated rings. The predicted octanol–water partition coefficient (Wildman–Crippen LogP) is 3.89. The van der Waals surface area contributed by atoms with Crippen molar-refractivity contribution in [1.29, 1.82) is 0 Å². The highest BCUT2D eigenvalue weighted by Crippen LogP contribution is 2.39.